The lowest BCUT2D eigenvalue weighted by Crippen LogP contribution is -2.46. The van der Waals surface area contributed by atoms with Crippen molar-refractivity contribution >= 4 is 27.2 Å². The first-order chi connectivity index (χ1) is 9.80. The highest BCUT2D eigenvalue weighted by Gasteiger charge is 2.17. The van der Waals surface area contributed by atoms with E-state index in [2.05, 4.69) is 39.9 Å². The summed E-state index contributed by atoms with van der Waals surface area (Å²) in [7, 11) is 0. The van der Waals surface area contributed by atoms with Crippen molar-refractivity contribution in [2.75, 3.05) is 37.6 Å². The van der Waals surface area contributed by atoms with E-state index in [0.717, 1.165) is 23.6 Å². The fraction of sp³-hybridized carbons (Fsp3) is 0.533. The molecular weight excluding hydrogens is 268 g/mol. The van der Waals surface area contributed by atoms with Crippen molar-refractivity contribution in [2.24, 2.45) is 5.73 Å². The van der Waals surface area contributed by atoms with Crippen LogP contribution in [0.2, 0.25) is 0 Å². The van der Waals surface area contributed by atoms with Gasteiger partial charge in [-0.05, 0) is 31.2 Å². The number of nitrogens with zero attached hydrogens (tertiary/aromatic N) is 3. The van der Waals surface area contributed by atoms with Gasteiger partial charge in [0.2, 0.25) is 0 Å². The molecule has 1 aromatic carbocycles. The van der Waals surface area contributed by atoms with Crippen molar-refractivity contribution in [3.05, 3.63) is 23.2 Å². The van der Waals surface area contributed by atoms with Crippen LogP contribution in [0.15, 0.2) is 18.2 Å². The summed E-state index contributed by atoms with van der Waals surface area (Å²) in [6, 6.07) is 6.58. The van der Waals surface area contributed by atoms with Crippen LogP contribution in [-0.4, -0.2) is 42.6 Å². The SMILES string of the molecule is CCCN1CCN(c2ccc3nc(CN)sc3c2)CC1. The molecule has 0 atom stereocenters. The Kier molecular flexibility index (Phi) is 4.19. The Labute approximate surface area is 124 Å². The second kappa shape index (κ2) is 6.08. The smallest absolute Gasteiger partial charge is 0.107 e. The molecule has 4 nitrogen and oxygen atoms in total. The molecule has 0 saturated carbocycles. The topological polar surface area (TPSA) is 45.4 Å². The maximum atomic E-state index is 5.67. The number of anilines is 1. The first-order valence-electron chi connectivity index (χ1n) is 7.37. The molecule has 0 spiro atoms. The summed E-state index contributed by atoms with van der Waals surface area (Å²) in [5.74, 6) is 0. The first kappa shape index (κ1) is 13.8. The minimum Gasteiger partial charge on any atom is -0.369 e. The third-order valence-electron chi connectivity index (χ3n) is 3.87. The minimum atomic E-state index is 0.532. The number of nitrogens with two attached hydrogens (primary N) is 1. The lowest BCUT2D eigenvalue weighted by molar-refractivity contribution is 0.258. The third-order valence-corrected chi connectivity index (χ3v) is 4.91. The molecule has 0 unspecified atom stereocenters. The van der Waals surface area contributed by atoms with Gasteiger partial charge in [0, 0.05) is 38.4 Å². The lowest BCUT2D eigenvalue weighted by atomic mass is 10.2. The molecule has 0 radical (unpaired) electrons. The Morgan fingerprint density at radius 3 is 2.75 bits per heavy atom. The molecule has 0 bridgehead atoms. The third kappa shape index (κ3) is 2.80. The van der Waals surface area contributed by atoms with E-state index >= 15 is 0 Å². The number of rotatable bonds is 4. The Morgan fingerprint density at radius 1 is 1.25 bits per heavy atom. The number of aromatic nitrogens is 1. The van der Waals surface area contributed by atoms with Crippen molar-refractivity contribution in [1.29, 1.82) is 0 Å². The van der Waals surface area contributed by atoms with Gasteiger partial charge >= 0.3 is 0 Å². The number of piperazine rings is 1. The number of thiazole rings is 1. The Balaban J connectivity index is 1.74. The quantitative estimate of drug-likeness (QED) is 0.938. The van der Waals surface area contributed by atoms with Gasteiger partial charge in [0.05, 0.1) is 10.2 Å². The molecule has 2 N–H and O–H groups in total. The van der Waals surface area contributed by atoms with E-state index in [1.807, 2.05) is 0 Å². The summed E-state index contributed by atoms with van der Waals surface area (Å²) in [6.07, 6.45) is 1.24. The molecule has 0 amide bonds. The van der Waals surface area contributed by atoms with Crippen molar-refractivity contribution in [3.63, 3.8) is 0 Å². The largest absolute Gasteiger partial charge is 0.369 e. The second-order valence-corrected chi connectivity index (χ2v) is 6.41. The zero-order valence-electron chi connectivity index (χ0n) is 12.0. The Morgan fingerprint density at radius 2 is 2.05 bits per heavy atom. The predicted molar refractivity (Wildman–Crippen MR) is 86.5 cm³/mol. The maximum Gasteiger partial charge on any atom is 0.107 e. The Bertz CT molecular complexity index is 572. The highest BCUT2D eigenvalue weighted by atomic mass is 32.1. The van der Waals surface area contributed by atoms with Crippen LogP contribution in [-0.2, 0) is 6.54 Å². The number of hydrogen-bond acceptors (Lipinski definition) is 5. The first-order valence-corrected chi connectivity index (χ1v) is 8.18. The lowest BCUT2D eigenvalue weighted by Gasteiger charge is -2.36. The average Bonchev–Trinajstić information content (AvgIpc) is 2.90. The van der Waals surface area contributed by atoms with E-state index in [0.29, 0.717) is 6.54 Å². The second-order valence-electron chi connectivity index (χ2n) is 5.29. The molecule has 1 aliphatic rings. The molecule has 1 aromatic heterocycles. The number of benzene rings is 1. The van der Waals surface area contributed by atoms with Crippen LogP contribution in [0.3, 0.4) is 0 Å². The molecule has 1 aliphatic heterocycles. The predicted octanol–water partition coefficient (Wildman–Crippen LogP) is 2.29. The highest BCUT2D eigenvalue weighted by Crippen LogP contribution is 2.27. The van der Waals surface area contributed by atoms with Gasteiger partial charge in [0.15, 0.2) is 0 Å². The van der Waals surface area contributed by atoms with Gasteiger partial charge in [-0.1, -0.05) is 6.92 Å². The standard InChI is InChI=1S/C15H22N4S/c1-2-5-18-6-8-19(9-7-18)12-3-4-13-14(10-12)20-15(11-16)17-13/h3-4,10H,2,5-9,11,16H2,1H3. The van der Waals surface area contributed by atoms with Crippen LogP contribution in [0.1, 0.15) is 18.4 Å². The van der Waals surface area contributed by atoms with Crippen molar-refractivity contribution in [1.82, 2.24) is 9.88 Å². The minimum absolute atomic E-state index is 0.532. The Hall–Kier alpha value is -1.17. The molecule has 20 heavy (non-hydrogen) atoms. The van der Waals surface area contributed by atoms with E-state index < -0.39 is 0 Å². The summed E-state index contributed by atoms with van der Waals surface area (Å²) >= 11 is 1.71. The molecular formula is C15H22N4S. The van der Waals surface area contributed by atoms with Gasteiger partial charge in [0.1, 0.15) is 5.01 Å². The summed E-state index contributed by atoms with van der Waals surface area (Å²) in [4.78, 5) is 9.55. The molecule has 0 aliphatic carbocycles. The van der Waals surface area contributed by atoms with Crippen LogP contribution in [0.4, 0.5) is 5.69 Å². The zero-order chi connectivity index (χ0) is 13.9. The van der Waals surface area contributed by atoms with E-state index in [-0.39, 0.29) is 0 Å². The van der Waals surface area contributed by atoms with Gasteiger partial charge in [0.25, 0.3) is 0 Å². The molecule has 2 aromatic rings. The normalized spacial score (nSPS) is 17.0. The monoisotopic (exact) mass is 290 g/mol. The van der Waals surface area contributed by atoms with Crippen molar-refractivity contribution in [3.8, 4) is 0 Å². The van der Waals surface area contributed by atoms with Crippen LogP contribution < -0.4 is 10.6 Å². The van der Waals surface area contributed by atoms with Gasteiger partial charge in [-0.15, -0.1) is 11.3 Å². The molecule has 5 heteroatoms. The average molecular weight is 290 g/mol. The molecule has 3 rings (SSSR count). The summed E-state index contributed by atoms with van der Waals surface area (Å²) in [5, 5.41) is 1.02. The van der Waals surface area contributed by atoms with Crippen LogP contribution in [0, 0.1) is 0 Å². The van der Waals surface area contributed by atoms with E-state index in [1.54, 1.807) is 11.3 Å². The van der Waals surface area contributed by atoms with Crippen LogP contribution >= 0.6 is 11.3 Å². The molecule has 1 saturated heterocycles. The van der Waals surface area contributed by atoms with Gasteiger partial charge in [-0.2, -0.15) is 0 Å². The van der Waals surface area contributed by atoms with Gasteiger partial charge in [-0.3, -0.25) is 4.90 Å². The summed E-state index contributed by atoms with van der Waals surface area (Å²) in [6.45, 7) is 8.58. The fourth-order valence-corrected chi connectivity index (χ4v) is 3.67. The van der Waals surface area contributed by atoms with E-state index in [9.17, 15) is 0 Å². The highest BCUT2D eigenvalue weighted by molar-refractivity contribution is 7.18. The van der Waals surface area contributed by atoms with Gasteiger partial charge in [-0.25, -0.2) is 4.98 Å². The molecule has 1 fully saturated rings. The molecule has 2 heterocycles. The fourth-order valence-electron chi connectivity index (χ4n) is 2.79. The number of hydrogen-bond donors (Lipinski definition) is 1. The maximum absolute atomic E-state index is 5.67. The van der Waals surface area contributed by atoms with Crippen LogP contribution in [0.5, 0.6) is 0 Å². The number of fused-ring (bicyclic) bond motifs is 1. The van der Waals surface area contributed by atoms with E-state index in [4.69, 9.17) is 5.73 Å². The summed E-state index contributed by atoms with van der Waals surface area (Å²) < 4.78 is 1.25. The van der Waals surface area contributed by atoms with Gasteiger partial charge < -0.3 is 10.6 Å². The molecule has 108 valence electrons. The van der Waals surface area contributed by atoms with Crippen molar-refractivity contribution in [2.45, 2.75) is 19.9 Å². The van der Waals surface area contributed by atoms with Crippen molar-refractivity contribution < 1.29 is 0 Å². The zero-order valence-corrected chi connectivity index (χ0v) is 12.8. The summed E-state index contributed by atoms with van der Waals surface area (Å²) in [5.41, 5.74) is 8.06. The van der Waals surface area contributed by atoms with Crippen LogP contribution in [0.25, 0.3) is 10.2 Å². The van der Waals surface area contributed by atoms with E-state index in [1.165, 1.54) is 36.4 Å².